The number of carbonyl (C=O) groups is 2. The Labute approximate surface area is 471 Å². The minimum Gasteiger partial charge on any atom is -0.756 e. The molecule has 0 radical (unpaired) electrons. The van der Waals surface area contributed by atoms with Crippen molar-refractivity contribution in [2.75, 3.05) is 47.5 Å². The lowest BCUT2D eigenvalue weighted by molar-refractivity contribution is -0.870. The van der Waals surface area contributed by atoms with Crippen molar-refractivity contribution in [2.45, 2.75) is 206 Å². The van der Waals surface area contributed by atoms with E-state index in [2.05, 4.69) is 172 Å². The summed E-state index contributed by atoms with van der Waals surface area (Å²) >= 11 is 0. The third-order valence-corrected chi connectivity index (χ3v) is 12.7. The van der Waals surface area contributed by atoms with Crippen LogP contribution in [0.3, 0.4) is 0 Å². The number of phosphoric acid groups is 1. The highest BCUT2D eigenvalue weighted by Gasteiger charge is 2.21. The third kappa shape index (κ3) is 60.7. The summed E-state index contributed by atoms with van der Waals surface area (Å²) in [4.78, 5) is 37.8. The van der Waals surface area contributed by atoms with Crippen molar-refractivity contribution >= 4 is 19.8 Å². The second kappa shape index (κ2) is 56.4. The molecule has 0 spiro atoms. The van der Waals surface area contributed by atoms with Crippen molar-refractivity contribution in [3.63, 3.8) is 0 Å². The van der Waals surface area contributed by atoms with Gasteiger partial charge in [0.25, 0.3) is 7.82 Å². The number of phosphoric ester groups is 1. The van der Waals surface area contributed by atoms with Gasteiger partial charge in [-0.25, -0.2) is 0 Å². The molecule has 9 nitrogen and oxygen atoms in total. The highest BCUT2D eigenvalue weighted by atomic mass is 31.2. The van der Waals surface area contributed by atoms with E-state index in [1.165, 1.54) is 12.8 Å². The van der Waals surface area contributed by atoms with Crippen molar-refractivity contribution in [3.8, 4) is 0 Å². The maximum atomic E-state index is 12.8. The summed E-state index contributed by atoms with van der Waals surface area (Å²) in [6, 6.07) is 0. The van der Waals surface area contributed by atoms with Gasteiger partial charge in [0, 0.05) is 12.8 Å². The molecule has 0 aromatic heterocycles. The molecule has 0 saturated heterocycles. The lowest BCUT2D eigenvalue weighted by Crippen LogP contribution is -2.37. The van der Waals surface area contributed by atoms with E-state index in [4.69, 9.17) is 18.5 Å². The van der Waals surface area contributed by atoms with Gasteiger partial charge in [-0.15, -0.1) is 0 Å². The molecule has 0 aliphatic heterocycles. The Morgan fingerprint density at radius 1 is 0.416 bits per heavy atom. The first-order valence-electron chi connectivity index (χ1n) is 29.7. The van der Waals surface area contributed by atoms with E-state index in [0.717, 1.165) is 148 Å². The van der Waals surface area contributed by atoms with E-state index < -0.39 is 32.5 Å². The minimum absolute atomic E-state index is 0.0460. The fraction of sp³-hybridized carbons (Fsp3) is 0.582. The minimum atomic E-state index is -4.65. The van der Waals surface area contributed by atoms with Gasteiger partial charge in [-0.05, 0) is 122 Å². The highest BCUT2D eigenvalue weighted by molar-refractivity contribution is 7.45. The molecule has 0 amide bonds. The Balaban J connectivity index is 4.20. The van der Waals surface area contributed by atoms with Gasteiger partial charge in [0.1, 0.15) is 19.8 Å². The zero-order chi connectivity index (χ0) is 56.3. The quantitative estimate of drug-likeness (QED) is 0.0195. The van der Waals surface area contributed by atoms with E-state index in [-0.39, 0.29) is 26.1 Å². The number of carbonyl (C=O) groups excluding carboxylic acids is 2. The van der Waals surface area contributed by atoms with E-state index >= 15 is 0 Å². The lowest BCUT2D eigenvalue weighted by atomic mass is 10.1. The summed E-state index contributed by atoms with van der Waals surface area (Å²) in [5.74, 6) is -0.886. The van der Waals surface area contributed by atoms with Crippen LogP contribution in [-0.4, -0.2) is 70.0 Å². The normalized spacial score (nSPS) is 14.4. The van der Waals surface area contributed by atoms with Gasteiger partial charge in [-0.2, -0.15) is 0 Å². The third-order valence-electron chi connectivity index (χ3n) is 11.8. The van der Waals surface area contributed by atoms with Gasteiger partial charge in [0.2, 0.25) is 0 Å². The molecular weight excluding hydrogens is 978 g/mol. The summed E-state index contributed by atoms with van der Waals surface area (Å²) < 4.78 is 34.0. The molecule has 0 aliphatic carbocycles. The topological polar surface area (TPSA) is 111 Å². The maximum absolute atomic E-state index is 12.8. The van der Waals surface area contributed by atoms with Crippen molar-refractivity contribution in [1.29, 1.82) is 0 Å². The van der Waals surface area contributed by atoms with Gasteiger partial charge in [-0.3, -0.25) is 14.2 Å². The summed E-state index contributed by atoms with van der Waals surface area (Å²) in [6.07, 6.45) is 84.4. The number of esters is 2. The first-order chi connectivity index (χ1) is 37.5. The van der Waals surface area contributed by atoms with E-state index in [1.54, 1.807) is 0 Å². The van der Waals surface area contributed by atoms with Gasteiger partial charge >= 0.3 is 11.9 Å². The molecule has 0 N–H and O–H groups in total. The van der Waals surface area contributed by atoms with Crippen LogP contribution in [0, 0.1) is 0 Å². The zero-order valence-corrected chi connectivity index (χ0v) is 50.0. The van der Waals surface area contributed by atoms with E-state index in [0.29, 0.717) is 23.9 Å². The van der Waals surface area contributed by atoms with Gasteiger partial charge in [0.05, 0.1) is 27.7 Å². The Bertz CT molecular complexity index is 1850. The van der Waals surface area contributed by atoms with Crippen LogP contribution in [0.2, 0.25) is 0 Å². The van der Waals surface area contributed by atoms with Gasteiger partial charge < -0.3 is 27.9 Å². The molecule has 2 atom stereocenters. The first-order valence-corrected chi connectivity index (χ1v) is 31.2. The van der Waals surface area contributed by atoms with Crippen molar-refractivity contribution < 1.29 is 42.1 Å². The van der Waals surface area contributed by atoms with Crippen LogP contribution in [0.4, 0.5) is 0 Å². The number of quaternary nitrogens is 1. The monoisotopic (exact) mass is 1090 g/mol. The standard InChI is InChI=1S/C67H108NO8P/c1-6-8-10-12-14-16-18-20-22-23-24-25-26-27-28-29-30-31-32-33-34-35-36-37-38-39-40-41-42-43-44-45-46-48-50-52-54-56-58-60-67(70)76-65(64-75-77(71,72)74-62-61-68(3,4)5)63-73-66(69)59-57-55-53-51-49-47-21-19-17-15-13-11-9-7-2/h8,10,13-16,19-22,24-25,27-28,30-31,33-34,36-37,39-40,42-43,45-46,65H,6-7,9,11-12,17-18,23,26,29,32,35,38,41,44,47-64H2,1-5H3/b10-8-,15-13-,16-14-,21-19-,22-20-,25-24-,28-27-,31-30-,34-33-,37-36-,40-39-,43-42-,46-45-. The number of nitrogens with zero attached hydrogens (tertiary/aromatic N) is 1. The van der Waals surface area contributed by atoms with Crippen LogP contribution in [-0.2, 0) is 32.7 Å². The van der Waals surface area contributed by atoms with Crippen LogP contribution < -0.4 is 4.89 Å². The summed E-state index contributed by atoms with van der Waals surface area (Å²) in [5, 5.41) is 0. The fourth-order valence-corrected chi connectivity index (χ4v) is 7.93. The molecule has 0 saturated carbocycles. The molecule has 434 valence electrons. The Morgan fingerprint density at radius 2 is 0.740 bits per heavy atom. The molecule has 0 fully saturated rings. The molecule has 0 rings (SSSR count). The van der Waals surface area contributed by atoms with Crippen LogP contribution in [0.1, 0.15) is 200 Å². The second-order valence-electron chi connectivity index (χ2n) is 20.3. The first kappa shape index (κ1) is 72.6. The van der Waals surface area contributed by atoms with Crippen LogP contribution in [0.15, 0.2) is 158 Å². The lowest BCUT2D eigenvalue weighted by Gasteiger charge is -2.28. The van der Waals surface area contributed by atoms with Gasteiger partial charge in [-0.1, -0.05) is 223 Å². The molecule has 2 unspecified atom stereocenters. The molecule has 0 bridgehead atoms. The largest absolute Gasteiger partial charge is 0.756 e. The van der Waals surface area contributed by atoms with Crippen molar-refractivity contribution in [2.24, 2.45) is 0 Å². The second-order valence-corrected chi connectivity index (χ2v) is 21.7. The average molecular weight is 1090 g/mol. The predicted molar refractivity (Wildman–Crippen MR) is 327 cm³/mol. The molecular formula is C67H108NO8P. The molecule has 0 aliphatic rings. The number of hydrogen-bond donors (Lipinski definition) is 0. The fourth-order valence-electron chi connectivity index (χ4n) is 7.20. The zero-order valence-electron chi connectivity index (χ0n) is 49.1. The number of allylic oxidation sites excluding steroid dienone is 26. The molecule has 77 heavy (non-hydrogen) atoms. The number of likely N-dealkylation sites (N-methyl/N-ethyl adjacent to an activating group) is 1. The Hall–Kier alpha value is -4.37. The Kier molecular flexibility index (Phi) is 53.2. The SMILES string of the molecule is CC/C=C\C/C=C\C/C=C\C/C=C\C/C=C\C/C=C\C/C=C\C/C=C\C/C=C\C/C=C\C/C=C\CCCCCCCC(=O)OC(COC(=O)CCCCCCC/C=C\C/C=C\CCCC)COP(=O)([O-])OCC[N+](C)(C)C. The molecule has 0 heterocycles. The smallest absolute Gasteiger partial charge is 0.306 e. The van der Waals surface area contributed by atoms with Crippen LogP contribution in [0.5, 0.6) is 0 Å². The number of rotatable bonds is 52. The van der Waals surface area contributed by atoms with E-state index in [9.17, 15) is 19.0 Å². The molecule has 10 heteroatoms. The van der Waals surface area contributed by atoms with Crippen LogP contribution >= 0.6 is 7.82 Å². The summed E-state index contributed by atoms with van der Waals surface area (Å²) in [6.45, 7) is 4.01. The molecule has 0 aromatic rings. The number of hydrogen-bond acceptors (Lipinski definition) is 8. The predicted octanol–water partition coefficient (Wildman–Crippen LogP) is 18.2. The van der Waals surface area contributed by atoms with Crippen molar-refractivity contribution in [1.82, 2.24) is 0 Å². The van der Waals surface area contributed by atoms with Crippen molar-refractivity contribution in [3.05, 3.63) is 158 Å². The van der Waals surface area contributed by atoms with E-state index in [1.807, 2.05) is 21.1 Å². The summed E-state index contributed by atoms with van der Waals surface area (Å²) in [5.41, 5.74) is 0. The van der Waals surface area contributed by atoms with Crippen LogP contribution in [0.25, 0.3) is 0 Å². The average Bonchev–Trinajstić information content (AvgIpc) is 3.39. The Morgan fingerprint density at radius 3 is 1.10 bits per heavy atom. The number of ether oxygens (including phenoxy) is 2. The number of unbranched alkanes of at least 4 members (excludes halogenated alkanes) is 12. The highest BCUT2D eigenvalue weighted by Crippen LogP contribution is 2.38. The molecule has 0 aromatic carbocycles. The summed E-state index contributed by atoms with van der Waals surface area (Å²) in [7, 11) is 1.12. The maximum Gasteiger partial charge on any atom is 0.306 e. The van der Waals surface area contributed by atoms with Gasteiger partial charge in [0.15, 0.2) is 6.10 Å².